The van der Waals surface area contributed by atoms with Crippen molar-refractivity contribution in [1.82, 2.24) is 4.31 Å². The van der Waals surface area contributed by atoms with Crippen LogP contribution in [0.1, 0.15) is 13.8 Å². The van der Waals surface area contributed by atoms with Gasteiger partial charge >= 0.3 is 5.97 Å². The number of ether oxygens (including phenoxy) is 1. The molecule has 0 spiro atoms. The van der Waals surface area contributed by atoms with Crippen molar-refractivity contribution in [3.63, 3.8) is 0 Å². The molecule has 0 aliphatic heterocycles. The highest BCUT2D eigenvalue weighted by Crippen LogP contribution is 2.28. The number of halogens is 2. The maximum absolute atomic E-state index is 14.0. The Labute approximate surface area is 131 Å². The maximum atomic E-state index is 14.0. The minimum Gasteiger partial charge on any atom is -0.468 e. The van der Waals surface area contributed by atoms with Gasteiger partial charge in [0.2, 0.25) is 10.0 Å². The normalized spacial score (nSPS) is 12.0. The summed E-state index contributed by atoms with van der Waals surface area (Å²) in [7, 11) is -3.07. The van der Waals surface area contributed by atoms with E-state index in [1.54, 1.807) is 13.8 Å². The molecule has 2 N–H and O–H groups in total. The van der Waals surface area contributed by atoms with Crippen LogP contribution in [-0.4, -0.2) is 38.4 Å². The second-order valence-corrected chi connectivity index (χ2v) is 7.24. The van der Waals surface area contributed by atoms with Crippen LogP contribution >= 0.6 is 15.9 Å². The molecule has 0 saturated heterocycles. The highest BCUT2D eigenvalue weighted by Gasteiger charge is 2.32. The van der Waals surface area contributed by atoms with Gasteiger partial charge in [0.1, 0.15) is 17.3 Å². The molecule has 0 fully saturated rings. The fraction of sp³-hybridized carbons (Fsp3) is 0.417. The number of hydrogen-bond donors (Lipinski definition) is 1. The minimum absolute atomic E-state index is 0.0803. The second kappa shape index (κ2) is 6.71. The van der Waals surface area contributed by atoms with Gasteiger partial charge in [-0.15, -0.1) is 0 Å². The number of methoxy groups -OCH3 is 1. The molecule has 6 nitrogen and oxygen atoms in total. The molecule has 118 valence electrons. The minimum atomic E-state index is -4.22. The highest BCUT2D eigenvalue weighted by atomic mass is 79.9. The standard InChI is InChI=1S/C12H16BrFN2O4S/c1-7(2)16(6-12(17)20-3)21(18,19)11-5-10(15)8(13)4-9(11)14/h4-5,7H,6,15H2,1-3H3. The zero-order valence-corrected chi connectivity index (χ0v) is 14.2. The number of nitrogens with two attached hydrogens (primary N) is 1. The van der Waals surface area contributed by atoms with Crippen molar-refractivity contribution in [2.45, 2.75) is 24.8 Å². The molecule has 0 unspecified atom stereocenters. The summed E-state index contributed by atoms with van der Waals surface area (Å²) in [6, 6.07) is 1.43. The molecule has 0 saturated carbocycles. The van der Waals surface area contributed by atoms with Crippen molar-refractivity contribution in [2.75, 3.05) is 19.4 Å². The number of nitrogens with zero attached hydrogens (tertiary/aromatic N) is 1. The number of anilines is 1. The van der Waals surface area contributed by atoms with E-state index < -0.39 is 39.3 Å². The van der Waals surface area contributed by atoms with Gasteiger partial charge in [-0.3, -0.25) is 4.79 Å². The summed E-state index contributed by atoms with van der Waals surface area (Å²) in [6.45, 7) is 2.63. The zero-order chi connectivity index (χ0) is 16.4. The van der Waals surface area contributed by atoms with E-state index in [2.05, 4.69) is 20.7 Å². The predicted molar refractivity (Wildman–Crippen MR) is 79.6 cm³/mol. The first-order valence-electron chi connectivity index (χ1n) is 5.94. The molecule has 0 heterocycles. The molecule has 0 aromatic heterocycles. The Bertz CT molecular complexity index is 649. The summed E-state index contributed by atoms with van der Waals surface area (Å²) < 4.78 is 44.6. The Kier molecular flexibility index (Phi) is 5.71. The van der Waals surface area contributed by atoms with Gasteiger partial charge in [-0.2, -0.15) is 4.31 Å². The first-order chi connectivity index (χ1) is 9.61. The number of benzene rings is 1. The van der Waals surface area contributed by atoms with Crippen molar-refractivity contribution in [3.8, 4) is 0 Å². The number of esters is 1. The van der Waals surface area contributed by atoms with Crippen molar-refractivity contribution in [1.29, 1.82) is 0 Å². The molecule has 0 radical (unpaired) electrons. The van der Waals surface area contributed by atoms with Crippen LogP contribution in [-0.2, 0) is 19.6 Å². The van der Waals surface area contributed by atoms with Crippen LogP contribution in [0.3, 0.4) is 0 Å². The third-order valence-corrected chi connectivity index (χ3v) is 5.45. The largest absolute Gasteiger partial charge is 0.468 e. The summed E-state index contributed by atoms with van der Waals surface area (Å²) in [6.07, 6.45) is 0. The molecule has 1 aromatic carbocycles. The quantitative estimate of drug-likeness (QED) is 0.618. The van der Waals surface area contributed by atoms with Crippen LogP contribution < -0.4 is 5.73 Å². The van der Waals surface area contributed by atoms with Crippen LogP contribution in [0.25, 0.3) is 0 Å². The monoisotopic (exact) mass is 382 g/mol. The molecule has 21 heavy (non-hydrogen) atoms. The maximum Gasteiger partial charge on any atom is 0.321 e. The van der Waals surface area contributed by atoms with E-state index in [0.29, 0.717) is 0 Å². The van der Waals surface area contributed by atoms with E-state index in [-0.39, 0.29) is 10.2 Å². The van der Waals surface area contributed by atoms with Crippen LogP contribution in [0.15, 0.2) is 21.5 Å². The number of sulfonamides is 1. The number of carbonyl (C=O) groups is 1. The summed E-state index contributed by atoms with van der Waals surface area (Å²) in [5, 5.41) is 0. The smallest absolute Gasteiger partial charge is 0.321 e. The molecule has 0 bridgehead atoms. The Morgan fingerprint density at radius 2 is 2.05 bits per heavy atom. The Morgan fingerprint density at radius 1 is 1.48 bits per heavy atom. The average Bonchev–Trinajstić information content (AvgIpc) is 2.38. The zero-order valence-electron chi connectivity index (χ0n) is 11.8. The first kappa shape index (κ1) is 17.9. The van der Waals surface area contributed by atoms with Crippen molar-refractivity contribution in [2.24, 2.45) is 0 Å². The molecule has 0 aliphatic carbocycles. The van der Waals surface area contributed by atoms with E-state index in [1.165, 1.54) is 0 Å². The lowest BCUT2D eigenvalue weighted by atomic mass is 10.3. The van der Waals surface area contributed by atoms with Gasteiger partial charge in [-0.05, 0) is 41.9 Å². The van der Waals surface area contributed by atoms with Crippen LogP contribution in [0.2, 0.25) is 0 Å². The summed E-state index contributed by atoms with van der Waals surface area (Å²) in [5.41, 5.74) is 5.68. The third-order valence-electron chi connectivity index (χ3n) is 2.73. The van der Waals surface area contributed by atoms with E-state index in [1.807, 2.05) is 0 Å². The van der Waals surface area contributed by atoms with Gasteiger partial charge in [0.25, 0.3) is 0 Å². The molecule has 1 rings (SSSR count). The SMILES string of the molecule is COC(=O)CN(C(C)C)S(=O)(=O)c1cc(N)c(Br)cc1F. The van der Waals surface area contributed by atoms with Gasteiger partial charge < -0.3 is 10.5 Å². The number of carbonyl (C=O) groups excluding carboxylic acids is 1. The topological polar surface area (TPSA) is 89.7 Å². The van der Waals surface area contributed by atoms with E-state index >= 15 is 0 Å². The molecular weight excluding hydrogens is 367 g/mol. The first-order valence-corrected chi connectivity index (χ1v) is 8.17. The molecule has 0 amide bonds. The fourth-order valence-electron chi connectivity index (χ4n) is 1.61. The highest BCUT2D eigenvalue weighted by molar-refractivity contribution is 9.10. The lowest BCUT2D eigenvalue weighted by Crippen LogP contribution is -2.41. The fourth-order valence-corrected chi connectivity index (χ4v) is 3.59. The summed E-state index contributed by atoms with van der Waals surface area (Å²) in [5.74, 6) is -1.69. The van der Waals surface area contributed by atoms with E-state index in [4.69, 9.17) is 5.73 Å². The predicted octanol–water partition coefficient (Wildman–Crippen LogP) is 1.74. The van der Waals surface area contributed by atoms with Gasteiger partial charge in [0.05, 0.1) is 7.11 Å². The Balaban J connectivity index is 3.36. The molecule has 1 aromatic rings. The van der Waals surface area contributed by atoms with Gasteiger partial charge in [0, 0.05) is 16.2 Å². The van der Waals surface area contributed by atoms with Crippen molar-refractivity contribution in [3.05, 3.63) is 22.4 Å². The summed E-state index contributed by atoms with van der Waals surface area (Å²) >= 11 is 3.02. The average molecular weight is 383 g/mol. The summed E-state index contributed by atoms with van der Waals surface area (Å²) in [4.78, 5) is 10.8. The molecular formula is C12H16BrFN2O4S. The van der Waals surface area contributed by atoms with Gasteiger partial charge in [-0.1, -0.05) is 0 Å². The second-order valence-electron chi connectivity index (χ2n) is 4.52. The van der Waals surface area contributed by atoms with Gasteiger partial charge in [-0.25, -0.2) is 12.8 Å². The third kappa shape index (κ3) is 3.92. The van der Waals surface area contributed by atoms with Gasteiger partial charge in [0.15, 0.2) is 0 Å². The molecule has 0 atom stereocenters. The van der Waals surface area contributed by atoms with Crippen LogP contribution in [0.5, 0.6) is 0 Å². The molecule has 0 aliphatic rings. The van der Waals surface area contributed by atoms with E-state index in [9.17, 15) is 17.6 Å². The van der Waals surface area contributed by atoms with Crippen LogP contribution in [0.4, 0.5) is 10.1 Å². The number of rotatable bonds is 5. The van der Waals surface area contributed by atoms with Crippen molar-refractivity contribution >= 4 is 37.6 Å². The Hall–Kier alpha value is -1.19. The van der Waals surface area contributed by atoms with Crippen LogP contribution in [0, 0.1) is 5.82 Å². The van der Waals surface area contributed by atoms with E-state index in [0.717, 1.165) is 23.5 Å². The lowest BCUT2D eigenvalue weighted by Gasteiger charge is -2.25. The van der Waals surface area contributed by atoms with Crippen molar-refractivity contribution < 1.29 is 22.3 Å². The Morgan fingerprint density at radius 3 is 2.52 bits per heavy atom. The molecule has 9 heteroatoms. The number of nitrogen functional groups attached to an aromatic ring is 1. The lowest BCUT2D eigenvalue weighted by molar-refractivity contribution is -0.141. The number of hydrogen-bond acceptors (Lipinski definition) is 5.